The van der Waals surface area contributed by atoms with Gasteiger partial charge >= 0.3 is 0 Å². The zero-order valence-corrected chi connectivity index (χ0v) is 11.0. The number of fused-ring (bicyclic) bond motifs is 1. The Morgan fingerprint density at radius 1 is 1.35 bits per heavy atom. The molecule has 0 unspecified atom stereocenters. The van der Waals surface area contributed by atoms with Crippen molar-refractivity contribution in [3.63, 3.8) is 0 Å². The number of benzene rings is 1. The van der Waals surface area contributed by atoms with E-state index in [1.165, 1.54) is 6.07 Å². The van der Waals surface area contributed by atoms with Gasteiger partial charge in [-0.1, -0.05) is 12.1 Å². The van der Waals surface area contributed by atoms with E-state index >= 15 is 0 Å². The molecule has 20 heavy (non-hydrogen) atoms. The Morgan fingerprint density at radius 2 is 2.10 bits per heavy atom. The lowest BCUT2D eigenvalue weighted by Crippen LogP contribution is -2.44. The Kier molecular flexibility index (Phi) is 3.45. The summed E-state index contributed by atoms with van der Waals surface area (Å²) in [6.45, 7) is 2.13. The summed E-state index contributed by atoms with van der Waals surface area (Å²) in [5.74, 6) is -1.04. The number of aliphatic hydroxyl groups is 1. The Morgan fingerprint density at radius 3 is 2.85 bits per heavy atom. The molecule has 4 atom stereocenters. The molecule has 2 aliphatic rings. The van der Waals surface area contributed by atoms with E-state index in [-0.39, 0.29) is 30.9 Å². The number of hydrogen-bond donors (Lipinski definition) is 2. The lowest BCUT2D eigenvalue weighted by molar-refractivity contribution is 0.0178. The van der Waals surface area contributed by atoms with Crippen molar-refractivity contribution in [1.29, 1.82) is 0 Å². The van der Waals surface area contributed by atoms with E-state index in [1.807, 2.05) is 0 Å². The predicted molar refractivity (Wildman–Crippen MR) is 67.9 cm³/mol. The molecule has 0 bridgehead atoms. The SMILES string of the molecule is Cc1cccc(F)c1C(=O)N[C@@H]1CO[C@H]2[C@@H]1OC[C@H]2O. The highest BCUT2D eigenvalue weighted by molar-refractivity contribution is 5.96. The molecule has 108 valence electrons. The maximum absolute atomic E-state index is 13.7. The summed E-state index contributed by atoms with van der Waals surface area (Å²) in [5, 5.41) is 12.4. The first kappa shape index (κ1) is 13.5. The van der Waals surface area contributed by atoms with E-state index in [2.05, 4.69) is 5.32 Å². The Hall–Kier alpha value is -1.50. The zero-order valence-electron chi connectivity index (χ0n) is 11.0. The van der Waals surface area contributed by atoms with Crippen LogP contribution in [0.4, 0.5) is 4.39 Å². The van der Waals surface area contributed by atoms with Crippen LogP contribution in [0, 0.1) is 12.7 Å². The van der Waals surface area contributed by atoms with Gasteiger partial charge in [0.25, 0.3) is 5.91 Å². The second-order valence-corrected chi connectivity index (χ2v) is 5.17. The molecule has 2 aliphatic heterocycles. The van der Waals surface area contributed by atoms with Gasteiger partial charge < -0.3 is 19.9 Å². The molecule has 3 rings (SSSR count). The van der Waals surface area contributed by atoms with Crippen LogP contribution < -0.4 is 5.32 Å². The Bertz CT molecular complexity index is 516. The fraction of sp³-hybridized carbons (Fsp3) is 0.500. The molecular formula is C14H16FNO4. The minimum Gasteiger partial charge on any atom is -0.388 e. The standard InChI is InChI=1S/C14H16FNO4/c1-7-3-2-4-8(15)11(7)14(18)16-9-5-19-13-10(17)6-20-12(9)13/h2-4,9-10,12-13,17H,5-6H2,1H3,(H,16,18)/t9-,10-,12-,13-/m1/s1. The molecule has 1 amide bonds. The van der Waals surface area contributed by atoms with Gasteiger partial charge in [0.05, 0.1) is 24.8 Å². The summed E-state index contributed by atoms with van der Waals surface area (Å²) in [6.07, 6.45) is -1.46. The zero-order chi connectivity index (χ0) is 14.3. The van der Waals surface area contributed by atoms with Crippen molar-refractivity contribution < 1.29 is 23.8 Å². The van der Waals surface area contributed by atoms with Crippen molar-refractivity contribution in [3.8, 4) is 0 Å². The highest BCUT2D eigenvalue weighted by Crippen LogP contribution is 2.27. The normalized spacial score (nSPS) is 32.1. The molecule has 0 saturated carbocycles. The summed E-state index contributed by atoms with van der Waals surface area (Å²) in [5.41, 5.74) is 0.611. The Labute approximate surface area is 115 Å². The highest BCUT2D eigenvalue weighted by atomic mass is 19.1. The molecule has 2 heterocycles. The third-order valence-corrected chi connectivity index (χ3v) is 3.79. The van der Waals surface area contributed by atoms with Gasteiger partial charge in [0, 0.05) is 0 Å². The number of carbonyl (C=O) groups excluding carboxylic acids is 1. The summed E-state index contributed by atoms with van der Waals surface area (Å²) in [6, 6.07) is 4.13. The maximum atomic E-state index is 13.7. The molecule has 5 nitrogen and oxygen atoms in total. The van der Waals surface area contributed by atoms with Crippen LogP contribution in [-0.4, -0.2) is 48.6 Å². The number of carbonyl (C=O) groups is 1. The van der Waals surface area contributed by atoms with Crippen molar-refractivity contribution in [2.45, 2.75) is 31.3 Å². The van der Waals surface area contributed by atoms with Crippen molar-refractivity contribution in [3.05, 3.63) is 35.1 Å². The van der Waals surface area contributed by atoms with Crippen LogP contribution in [0.25, 0.3) is 0 Å². The van der Waals surface area contributed by atoms with E-state index in [0.29, 0.717) is 5.56 Å². The van der Waals surface area contributed by atoms with E-state index in [1.54, 1.807) is 19.1 Å². The van der Waals surface area contributed by atoms with Gasteiger partial charge in [0.15, 0.2) is 0 Å². The van der Waals surface area contributed by atoms with Gasteiger partial charge in [-0.05, 0) is 18.6 Å². The summed E-state index contributed by atoms with van der Waals surface area (Å²) < 4.78 is 24.6. The number of ether oxygens (including phenoxy) is 2. The molecule has 2 fully saturated rings. The van der Waals surface area contributed by atoms with Crippen LogP contribution in [0.3, 0.4) is 0 Å². The number of nitrogens with one attached hydrogen (secondary N) is 1. The molecule has 2 saturated heterocycles. The van der Waals surface area contributed by atoms with Gasteiger partial charge in [-0.2, -0.15) is 0 Å². The summed E-state index contributed by atoms with van der Waals surface area (Å²) in [7, 11) is 0. The van der Waals surface area contributed by atoms with Crippen LogP contribution in [0.15, 0.2) is 18.2 Å². The molecule has 0 spiro atoms. The fourth-order valence-electron chi connectivity index (χ4n) is 2.76. The average Bonchev–Trinajstić information content (AvgIpc) is 2.94. The van der Waals surface area contributed by atoms with Gasteiger partial charge in [-0.25, -0.2) is 4.39 Å². The van der Waals surface area contributed by atoms with Gasteiger partial charge in [-0.3, -0.25) is 4.79 Å². The van der Waals surface area contributed by atoms with Crippen LogP contribution in [0.5, 0.6) is 0 Å². The van der Waals surface area contributed by atoms with Crippen LogP contribution >= 0.6 is 0 Å². The number of aryl methyl sites for hydroxylation is 1. The van der Waals surface area contributed by atoms with E-state index < -0.39 is 23.9 Å². The number of rotatable bonds is 2. The number of aliphatic hydroxyl groups excluding tert-OH is 1. The smallest absolute Gasteiger partial charge is 0.254 e. The second-order valence-electron chi connectivity index (χ2n) is 5.17. The summed E-state index contributed by atoms with van der Waals surface area (Å²) in [4.78, 5) is 12.2. The van der Waals surface area contributed by atoms with E-state index in [0.717, 1.165) is 0 Å². The molecule has 0 radical (unpaired) electrons. The molecule has 0 aromatic heterocycles. The topological polar surface area (TPSA) is 67.8 Å². The first-order valence-corrected chi connectivity index (χ1v) is 6.55. The summed E-state index contributed by atoms with van der Waals surface area (Å²) >= 11 is 0. The largest absolute Gasteiger partial charge is 0.388 e. The minimum atomic E-state index is -0.669. The van der Waals surface area contributed by atoms with Crippen molar-refractivity contribution in [2.24, 2.45) is 0 Å². The van der Waals surface area contributed by atoms with Crippen LogP contribution in [-0.2, 0) is 9.47 Å². The third kappa shape index (κ3) is 2.19. The van der Waals surface area contributed by atoms with Crippen LogP contribution in [0.1, 0.15) is 15.9 Å². The average molecular weight is 281 g/mol. The van der Waals surface area contributed by atoms with E-state index in [4.69, 9.17) is 9.47 Å². The van der Waals surface area contributed by atoms with Crippen LogP contribution in [0.2, 0.25) is 0 Å². The molecule has 1 aromatic carbocycles. The van der Waals surface area contributed by atoms with Crippen molar-refractivity contribution in [2.75, 3.05) is 13.2 Å². The lowest BCUT2D eigenvalue weighted by Gasteiger charge is -2.18. The molecular weight excluding hydrogens is 265 g/mol. The monoisotopic (exact) mass is 281 g/mol. The maximum Gasteiger partial charge on any atom is 0.254 e. The first-order chi connectivity index (χ1) is 9.58. The lowest BCUT2D eigenvalue weighted by atomic mass is 10.0. The molecule has 2 N–H and O–H groups in total. The first-order valence-electron chi connectivity index (χ1n) is 6.55. The van der Waals surface area contributed by atoms with Gasteiger partial charge in [-0.15, -0.1) is 0 Å². The third-order valence-electron chi connectivity index (χ3n) is 3.79. The minimum absolute atomic E-state index is 0.0366. The highest BCUT2D eigenvalue weighted by Gasteiger charge is 2.47. The molecule has 6 heteroatoms. The number of halogens is 1. The van der Waals surface area contributed by atoms with E-state index in [9.17, 15) is 14.3 Å². The van der Waals surface area contributed by atoms with Crippen molar-refractivity contribution >= 4 is 5.91 Å². The number of amides is 1. The number of hydrogen-bond acceptors (Lipinski definition) is 4. The molecule has 1 aromatic rings. The molecule has 0 aliphatic carbocycles. The quantitative estimate of drug-likeness (QED) is 0.823. The Balaban J connectivity index is 1.74. The van der Waals surface area contributed by atoms with Crippen molar-refractivity contribution in [1.82, 2.24) is 5.32 Å². The second kappa shape index (κ2) is 5.12. The fourth-order valence-corrected chi connectivity index (χ4v) is 2.76. The van der Waals surface area contributed by atoms with Gasteiger partial charge in [0.2, 0.25) is 0 Å². The van der Waals surface area contributed by atoms with Gasteiger partial charge in [0.1, 0.15) is 24.1 Å². The predicted octanol–water partition coefficient (Wildman–Crippen LogP) is 0.391.